The zero-order valence-corrected chi connectivity index (χ0v) is 16.2. The first kappa shape index (κ1) is 18.9. The molecule has 1 N–H and O–H groups in total. The second-order valence-corrected chi connectivity index (χ2v) is 6.76. The molecule has 10 heteroatoms. The molecule has 0 aliphatic carbocycles. The Kier molecular flexibility index (Phi) is 5.72. The van der Waals surface area contributed by atoms with Gasteiger partial charge in [0.2, 0.25) is 11.8 Å². The van der Waals surface area contributed by atoms with Crippen LogP contribution in [0.1, 0.15) is 31.5 Å². The Morgan fingerprint density at radius 1 is 1.41 bits per heavy atom. The Morgan fingerprint density at radius 3 is 2.81 bits per heavy atom. The molecule has 0 spiro atoms. The van der Waals surface area contributed by atoms with E-state index in [1.54, 1.807) is 22.8 Å². The van der Waals surface area contributed by atoms with E-state index >= 15 is 0 Å². The molecule has 10 nitrogen and oxygen atoms in total. The Hall–Kier alpha value is -2.91. The molecule has 146 valence electrons. The van der Waals surface area contributed by atoms with E-state index in [0.29, 0.717) is 43.7 Å². The fourth-order valence-corrected chi connectivity index (χ4v) is 2.89. The first-order valence-corrected chi connectivity index (χ1v) is 9.05. The Labute approximate surface area is 158 Å². The Morgan fingerprint density at radius 2 is 2.22 bits per heavy atom. The zero-order chi connectivity index (χ0) is 19.4. The minimum absolute atomic E-state index is 0.0238. The van der Waals surface area contributed by atoms with Gasteiger partial charge in [-0.2, -0.15) is 10.1 Å². The zero-order valence-electron chi connectivity index (χ0n) is 16.2. The van der Waals surface area contributed by atoms with Gasteiger partial charge in [-0.05, 0) is 0 Å². The van der Waals surface area contributed by atoms with Gasteiger partial charge in [-0.3, -0.25) is 14.5 Å². The number of hydrogen-bond acceptors (Lipinski definition) is 6. The SMILES string of the molecule is CN=C(NCCc1nc(C(C)C)no1)N1CCN(c2cnn(C)c2)C(=O)C1. The maximum Gasteiger partial charge on any atom is 0.246 e. The number of amides is 1. The van der Waals surface area contributed by atoms with Crippen LogP contribution in [0.15, 0.2) is 21.9 Å². The van der Waals surface area contributed by atoms with Crippen molar-refractivity contribution in [2.75, 3.05) is 38.1 Å². The highest BCUT2D eigenvalue weighted by atomic mass is 16.5. The number of carbonyl (C=O) groups excluding carboxylic acids is 1. The molecular formula is C17H26N8O2. The summed E-state index contributed by atoms with van der Waals surface area (Å²) in [7, 11) is 3.55. The molecule has 0 aromatic carbocycles. The van der Waals surface area contributed by atoms with Crippen molar-refractivity contribution >= 4 is 17.6 Å². The summed E-state index contributed by atoms with van der Waals surface area (Å²) in [6, 6.07) is 0. The van der Waals surface area contributed by atoms with Crippen LogP contribution in [-0.2, 0) is 18.3 Å². The van der Waals surface area contributed by atoms with Crippen molar-refractivity contribution in [1.82, 2.24) is 30.1 Å². The number of hydrogen-bond donors (Lipinski definition) is 1. The van der Waals surface area contributed by atoms with Crippen LogP contribution in [-0.4, -0.2) is 69.9 Å². The summed E-state index contributed by atoms with van der Waals surface area (Å²) in [5, 5.41) is 11.4. The van der Waals surface area contributed by atoms with E-state index < -0.39 is 0 Å². The molecule has 0 saturated carbocycles. The fraction of sp³-hybridized carbons (Fsp3) is 0.588. The third kappa shape index (κ3) is 4.44. The van der Waals surface area contributed by atoms with E-state index in [-0.39, 0.29) is 18.4 Å². The van der Waals surface area contributed by atoms with Crippen LogP contribution in [0.5, 0.6) is 0 Å². The van der Waals surface area contributed by atoms with Gasteiger partial charge in [-0.1, -0.05) is 19.0 Å². The summed E-state index contributed by atoms with van der Waals surface area (Å²) in [6.45, 7) is 6.20. The molecule has 3 heterocycles. The first-order chi connectivity index (χ1) is 13.0. The summed E-state index contributed by atoms with van der Waals surface area (Å²) in [6.07, 6.45) is 4.15. The lowest BCUT2D eigenvalue weighted by molar-refractivity contribution is -0.120. The van der Waals surface area contributed by atoms with Crippen molar-refractivity contribution in [3.8, 4) is 0 Å². The molecule has 3 rings (SSSR count). The van der Waals surface area contributed by atoms with Crippen molar-refractivity contribution in [1.29, 1.82) is 0 Å². The molecule has 2 aromatic rings. The minimum atomic E-state index is 0.0238. The molecule has 1 aliphatic heterocycles. The Bertz CT molecular complexity index is 809. The van der Waals surface area contributed by atoms with E-state index in [2.05, 4.69) is 25.5 Å². The van der Waals surface area contributed by atoms with Gasteiger partial charge in [0.15, 0.2) is 11.8 Å². The van der Waals surface area contributed by atoms with Gasteiger partial charge in [-0.25, -0.2) is 0 Å². The highest BCUT2D eigenvalue weighted by Gasteiger charge is 2.27. The molecule has 27 heavy (non-hydrogen) atoms. The average molecular weight is 374 g/mol. The maximum atomic E-state index is 12.5. The molecule has 1 fully saturated rings. The lowest BCUT2D eigenvalue weighted by Gasteiger charge is -2.35. The van der Waals surface area contributed by atoms with Gasteiger partial charge in [0.05, 0.1) is 11.9 Å². The van der Waals surface area contributed by atoms with Crippen LogP contribution < -0.4 is 10.2 Å². The Balaban J connectivity index is 1.51. The lowest BCUT2D eigenvalue weighted by atomic mass is 10.2. The van der Waals surface area contributed by atoms with E-state index in [9.17, 15) is 4.79 Å². The van der Waals surface area contributed by atoms with Crippen molar-refractivity contribution in [2.45, 2.75) is 26.2 Å². The number of piperazine rings is 1. The third-order valence-electron chi connectivity index (χ3n) is 4.36. The number of carbonyl (C=O) groups is 1. The summed E-state index contributed by atoms with van der Waals surface area (Å²) in [5.74, 6) is 2.27. The quantitative estimate of drug-likeness (QED) is 0.596. The van der Waals surface area contributed by atoms with Gasteiger partial charge in [0.1, 0.15) is 6.54 Å². The fourth-order valence-electron chi connectivity index (χ4n) is 2.89. The van der Waals surface area contributed by atoms with Gasteiger partial charge < -0.3 is 19.6 Å². The van der Waals surface area contributed by atoms with Crippen molar-refractivity contribution in [3.63, 3.8) is 0 Å². The van der Waals surface area contributed by atoms with Gasteiger partial charge >= 0.3 is 0 Å². The van der Waals surface area contributed by atoms with E-state index in [1.807, 2.05) is 32.0 Å². The summed E-state index contributed by atoms with van der Waals surface area (Å²) in [4.78, 5) is 24.9. The van der Waals surface area contributed by atoms with Gasteiger partial charge in [0.25, 0.3) is 0 Å². The summed E-state index contributed by atoms with van der Waals surface area (Å²) < 4.78 is 6.94. The number of anilines is 1. The summed E-state index contributed by atoms with van der Waals surface area (Å²) >= 11 is 0. The van der Waals surface area contributed by atoms with Gasteiger partial charge in [-0.15, -0.1) is 0 Å². The molecule has 1 amide bonds. The highest BCUT2D eigenvalue weighted by Crippen LogP contribution is 2.16. The highest BCUT2D eigenvalue weighted by molar-refractivity contribution is 5.98. The molecule has 2 aromatic heterocycles. The average Bonchev–Trinajstić information content (AvgIpc) is 3.28. The van der Waals surface area contributed by atoms with Crippen LogP contribution in [0, 0.1) is 0 Å². The van der Waals surface area contributed by atoms with Crippen LogP contribution in [0.25, 0.3) is 0 Å². The summed E-state index contributed by atoms with van der Waals surface area (Å²) in [5.41, 5.74) is 0.822. The van der Waals surface area contributed by atoms with Crippen molar-refractivity contribution < 1.29 is 9.32 Å². The third-order valence-corrected chi connectivity index (χ3v) is 4.36. The predicted octanol–water partition coefficient (Wildman–Crippen LogP) is 0.393. The molecule has 0 bridgehead atoms. The molecule has 1 saturated heterocycles. The predicted molar refractivity (Wildman–Crippen MR) is 101 cm³/mol. The molecule has 1 aliphatic rings. The standard InChI is InChI=1S/C17H26N8O2/c1-12(2)16-21-14(27-22-16)5-6-19-17(18-3)24-7-8-25(15(26)11-24)13-9-20-23(4)10-13/h9-10,12H,5-8,11H2,1-4H3,(H,18,19). The normalized spacial score (nSPS) is 15.7. The number of guanidine groups is 1. The van der Waals surface area contributed by atoms with Crippen LogP contribution in [0.4, 0.5) is 5.69 Å². The number of nitrogens with one attached hydrogen (secondary N) is 1. The van der Waals surface area contributed by atoms with Crippen molar-refractivity contribution in [2.24, 2.45) is 12.0 Å². The number of aliphatic imine (C=N–C) groups is 1. The lowest BCUT2D eigenvalue weighted by Crippen LogP contribution is -2.55. The van der Waals surface area contributed by atoms with Crippen LogP contribution >= 0.6 is 0 Å². The number of aryl methyl sites for hydroxylation is 1. The second kappa shape index (κ2) is 8.19. The molecule has 0 radical (unpaired) electrons. The van der Waals surface area contributed by atoms with Gasteiger partial charge in [0, 0.05) is 52.3 Å². The first-order valence-electron chi connectivity index (χ1n) is 9.05. The molecule has 0 atom stereocenters. The number of aromatic nitrogens is 4. The monoisotopic (exact) mass is 374 g/mol. The van der Waals surface area contributed by atoms with Crippen LogP contribution in [0.2, 0.25) is 0 Å². The topological polar surface area (TPSA) is 105 Å². The smallest absolute Gasteiger partial charge is 0.246 e. The number of nitrogens with zero attached hydrogens (tertiary/aromatic N) is 7. The maximum absolute atomic E-state index is 12.5. The van der Waals surface area contributed by atoms with Crippen LogP contribution in [0.3, 0.4) is 0 Å². The molecule has 0 unspecified atom stereocenters. The largest absolute Gasteiger partial charge is 0.356 e. The second-order valence-electron chi connectivity index (χ2n) is 6.76. The van der Waals surface area contributed by atoms with E-state index in [4.69, 9.17) is 4.52 Å². The van der Waals surface area contributed by atoms with E-state index in [0.717, 1.165) is 5.69 Å². The van der Waals surface area contributed by atoms with Crippen molar-refractivity contribution in [3.05, 3.63) is 24.1 Å². The molecular weight excluding hydrogens is 348 g/mol. The number of rotatable bonds is 5. The van der Waals surface area contributed by atoms with E-state index in [1.165, 1.54) is 0 Å². The minimum Gasteiger partial charge on any atom is -0.356 e.